The molecule has 1 nitrogen and oxygen atoms in total. The van der Waals surface area contributed by atoms with Crippen LogP contribution in [0.15, 0.2) is 36.5 Å². The molecule has 0 unspecified atom stereocenters. The Labute approximate surface area is 99.7 Å². The molecule has 0 aromatic carbocycles. The maximum atomic E-state index is 3.95. The molecule has 0 aliphatic carbocycles. The van der Waals surface area contributed by atoms with Crippen LogP contribution in [0.2, 0.25) is 0 Å². The molecular formula is C13H21ClN-. The van der Waals surface area contributed by atoms with Gasteiger partial charge in [0.25, 0.3) is 0 Å². The zero-order chi connectivity index (χ0) is 10.6. The molecule has 2 heteroatoms. The third-order valence-corrected chi connectivity index (χ3v) is 2.40. The van der Waals surface area contributed by atoms with Crippen LogP contribution in [0.5, 0.6) is 0 Å². The molecule has 0 saturated heterocycles. The largest absolute Gasteiger partial charge is 1.00 e. The van der Waals surface area contributed by atoms with E-state index in [1.165, 1.54) is 11.1 Å². The van der Waals surface area contributed by atoms with Gasteiger partial charge in [-0.05, 0) is 33.1 Å². The van der Waals surface area contributed by atoms with Gasteiger partial charge in [-0.25, -0.2) is 0 Å². The molecule has 15 heavy (non-hydrogen) atoms. The summed E-state index contributed by atoms with van der Waals surface area (Å²) in [6.07, 6.45) is 7.78. The van der Waals surface area contributed by atoms with E-state index in [1.807, 2.05) is 0 Å². The van der Waals surface area contributed by atoms with Crippen LogP contribution in [-0.4, -0.2) is 12.1 Å². The van der Waals surface area contributed by atoms with Gasteiger partial charge in [0.05, 0.1) is 0 Å². The van der Waals surface area contributed by atoms with E-state index in [2.05, 4.69) is 44.5 Å². The lowest BCUT2D eigenvalue weighted by molar-refractivity contribution is -0.00000341. The Morgan fingerprint density at radius 1 is 1.27 bits per heavy atom. The van der Waals surface area contributed by atoms with Gasteiger partial charge in [-0.1, -0.05) is 23.3 Å². The topological polar surface area (TPSA) is 12.0 Å². The average molecular weight is 227 g/mol. The lowest BCUT2D eigenvalue weighted by Crippen LogP contribution is -3.00. The minimum Gasteiger partial charge on any atom is -1.00 e. The number of hydrogen-bond acceptors (Lipinski definition) is 1. The molecule has 1 N–H and O–H groups in total. The molecule has 1 aliphatic heterocycles. The highest BCUT2D eigenvalue weighted by molar-refractivity contribution is 5.09. The molecule has 0 amide bonds. The fraction of sp³-hybridized carbons (Fsp3) is 0.538. The lowest BCUT2D eigenvalue weighted by atomic mass is 9.97. The van der Waals surface area contributed by atoms with E-state index in [9.17, 15) is 0 Å². The third-order valence-electron chi connectivity index (χ3n) is 2.40. The van der Waals surface area contributed by atoms with Gasteiger partial charge in [-0.15, -0.1) is 13.2 Å². The summed E-state index contributed by atoms with van der Waals surface area (Å²) in [5, 5.41) is 3.61. The van der Waals surface area contributed by atoms with Crippen molar-refractivity contribution in [3.63, 3.8) is 0 Å². The quantitative estimate of drug-likeness (QED) is 0.676. The lowest BCUT2D eigenvalue weighted by Gasteiger charge is -2.27. The average Bonchev–Trinajstić information content (AvgIpc) is 2.01. The molecule has 1 aliphatic rings. The van der Waals surface area contributed by atoms with Crippen molar-refractivity contribution in [1.29, 1.82) is 0 Å². The van der Waals surface area contributed by atoms with E-state index in [0.717, 1.165) is 19.3 Å². The molecule has 0 radical (unpaired) electrons. The zero-order valence-corrected chi connectivity index (χ0v) is 10.5. The van der Waals surface area contributed by atoms with Crippen molar-refractivity contribution in [2.24, 2.45) is 0 Å². The molecular weight excluding hydrogens is 206 g/mol. The van der Waals surface area contributed by atoms with Crippen LogP contribution < -0.4 is 17.7 Å². The van der Waals surface area contributed by atoms with Crippen LogP contribution in [0.3, 0.4) is 0 Å². The zero-order valence-electron chi connectivity index (χ0n) is 9.72. The first-order valence-electron chi connectivity index (χ1n) is 5.29. The van der Waals surface area contributed by atoms with Crippen LogP contribution >= 0.6 is 0 Å². The molecule has 1 rings (SSSR count). The van der Waals surface area contributed by atoms with Crippen LogP contribution in [-0.2, 0) is 0 Å². The van der Waals surface area contributed by atoms with Crippen molar-refractivity contribution in [2.75, 3.05) is 0 Å². The maximum absolute atomic E-state index is 3.95. The highest BCUT2D eigenvalue weighted by atomic mass is 35.5. The molecule has 86 valence electrons. The third kappa shape index (κ3) is 5.81. The summed E-state index contributed by atoms with van der Waals surface area (Å²) in [7, 11) is 0. The summed E-state index contributed by atoms with van der Waals surface area (Å²) in [5.74, 6) is 0. The van der Waals surface area contributed by atoms with Gasteiger partial charge >= 0.3 is 0 Å². The summed E-state index contributed by atoms with van der Waals surface area (Å²) >= 11 is 0. The van der Waals surface area contributed by atoms with Gasteiger partial charge in [0, 0.05) is 12.1 Å². The Balaban J connectivity index is 0.00000196. The summed E-state index contributed by atoms with van der Waals surface area (Å²) in [4.78, 5) is 0. The first-order chi connectivity index (χ1) is 6.58. The van der Waals surface area contributed by atoms with Crippen molar-refractivity contribution in [1.82, 2.24) is 5.32 Å². The Morgan fingerprint density at radius 3 is 2.40 bits per heavy atom. The van der Waals surface area contributed by atoms with E-state index < -0.39 is 0 Å². The molecule has 1 heterocycles. The van der Waals surface area contributed by atoms with Crippen molar-refractivity contribution in [2.45, 2.75) is 45.2 Å². The van der Waals surface area contributed by atoms with Crippen LogP contribution in [0.1, 0.15) is 33.1 Å². The van der Waals surface area contributed by atoms with Crippen LogP contribution in [0, 0.1) is 0 Å². The van der Waals surface area contributed by atoms with Gasteiger partial charge in [0.1, 0.15) is 0 Å². The number of halogens is 1. The van der Waals surface area contributed by atoms with E-state index in [1.54, 1.807) is 0 Å². The minimum absolute atomic E-state index is 0. The van der Waals surface area contributed by atoms with Crippen LogP contribution in [0.25, 0.3) is 0 Å². The second-order valence-corrected chi connectivity index (χ2v) is 4.46. The Hall–Kier alpha value is -0.530. The molecule has 0 aromatic rings. The Kier molecular flexibility index (Phi) is 6.62. The summed E-state index contributed by atoms with van der Waals surface area (Å²) in [6, 6.07) is 1.05. The fourth-order valence-corrected chi connectivity index (χ4v) is 1.90. The van der Waals surface area contributed by atoms with E-state index >= 15 is 0 Å². The molecule has 0 aromatic heterocycles. The predicted molar refractivity (Wildman–Crippen MR) is 63.3 cm³/mol. The van der Waals surface area contributed by atoms with E-state index in [4.69, 9.17) is 0 Å². The number of hydrogen-bond donors (Lipinski definition) is 1. The summed E-state index contributed by atoms with van der Waals surface area (Å²) in [6.45, 7) is 12.1. The number of nitrogens with one attached hydrogen (secondary N) is 1. The predicted octanol–water partition coefficient (Wildman–Crippen LogP) is 0.210. The monoisotopic (exact) mass is 226 g/mol. The van der Waals surface area contributed by atoms with Gasteiger partial charge in [0.2, 0.25) is 0 Å². The highest BCUT2D eigenvalue weighted by Gasteiger charge is 2.16. The standard InChI is InChI=1S/C13H21N.ClH/c1-10(2)8-12-6-5-7-13(14-12)9-11(3)4;/h5-6,12-14H,1,3,7-9H2,2,4H3;1H/p-1/t12-,13-;/m1./s1. The maximum Gasteiger partial charge on any atom is 0.0289 e. The highest BCUT2D eigenvalue weighted by Crippen LogP contribution is 2.15. The minimum atomic E-state index is 0. The van der Waals surface area contributed by atoms with E-state index in [0.29, 0.717) is 12.1 Å². The normalized spacial score (nSPS) is 24.4. The fourth-order valence-electron chi connectivity index (χ4n) is 1.90. The number of rotatable bonds is 4. The van der Waals surface area contributed by atoms with Crippen molar-refractivity contribution < 1.29 is 12.4 Å². The molecule has 0 fully saturated rings. The molecule has 0 spiro atoms. The van der Waals surface area contributed by atoms with Crippen molar-refractivity contribution in [3.05, 3.63) is 36.5 Å². The van der Waals surface area contributed by atoms with E-state index in [-0.39, 0.29) is 12.4 Å². The van der Waals surface area contributed by atoms with Gasteiger partial charge in [0.15, 0.2) is 0 Å². The second kappa shape index (κ2) is 6.86. The molecule has 0 bridgehead atoms. The Bertz CT molecular complexity index is 255. The Morgan fingerprint density at radius 2 is 1.87 bits per heavy atom. The van der Waals surface area contributed by atoms with Gasteiger partial charge < -0.3 is 17.7 Å². The summed E-state index contributed by atoms with van der Waals surface area (Å²) < 4.78 is 0. The second-order valence-electron chi connectivity index (χ2n) is 4.46. The van der Waals surface area contributed by atoms with Gasteiger partial charge in [-0.3, -0.25) is 0 Å². The smallest absolute Gasteiger partial charge is 0.0289 e. The first-order valence-corrected chi connectivity index (χ1v) is 5.29. The first kappa shape index (κ1) is 14.5. The molecule has 0 saturated carbocycles. The summed E-state index contributed by atoms with van der Waals surface area (Å²) in [5.41, 5.74) is 2.50. The van der Waals surface area contributed by atoms with Gasteiger partial charge in [-0.2, -0.15) is 0 Å². The van der Waals surface area contributed by atoms with Crippen molar-refractivity contribution in [3.8, 4) is 0 Å². The van der Waals surface area contributed by atoms with Crippen molar-refractivity contribution >= 4 is 0 Å². The van der Waals surface area contributed by atoms with Crippen LogP contribution in [0.4, 0.5) is 0 Å². The SMILES string of the molecule is C=C(C)C[C@H]1CC=C[C@H](CC(=C)C)N1.[Cl-]. The molecule has 2 atom stereocenters.